The molecular weight excluding hydrogens is 234 g/mol. The first-order valence-electron chi connectivity index (χ1n) is 7.50. The van der Waals surface area contributed by atoms with E-state index in [1.165, 1.54) is 37.8 Å². The van der Waals surface area contributed by atoms with Crippen LogP contribution in [0.15, 0.2) is 29.3 Å². The van der Waals surface area contributed by atoms with Gasteiger partial charge < -0.3 is 10.6 Å². The van der Waals surface area contributed by atoms with Gasteiger partial charge in [-0.15, -0.1) is 0 Å². The fourth-order valence-corrected chi connectivity index (χ4v) is 3.05. The van der Waals surface area contributed by atoms with Crippen molar-refractivity contribution in [2.45, 2.75) is 57.5 Å². The van der Waals surface area contributed by atoms with Crippen LogP contribution in [-0.2, 0) is 0 Å². The Labute approximate surface area is 115 Å². The molecule has 1 heterocycles. The highest BCUT2D eigenvalue weighted by molar-refractivity contribution is 6.00. The van der Waals surface area contributed by atoms with Crippen LogP contribution >= 0.6 is 0 Å². The zero-order valence-electron chi connectivity index (χ0n) is 11.7. The highest BCUT2D eigenvalue weighted by Gasteiger charge is 2.18. The second-order valence-corrected chi connectivity index (χ2v) is 5.79. The van der Waals surface area contributed by atoms with E-state index in [0.717, 1.165) is 17.9 Å². The molecular formula is C16H23N3. The van der Waals surface area contributed by atoms with Gasteiger partial charge in [0, 0.05) is 12.5 Å². The first-order chi connectivity index (χ1) is 9.31. The van der Waals surface area contributed by atoms with Crippen LogP contribution in [0.2, 0.25) is 0 Å². The van der Waals surface area contributed by atoms with E-state index in [9.17, 15) is 0 Å². The number of nitrogens with one attached hydrogen (secondary N) is 2. The minimum Gasteiger partial charge on any atom is -0.380 e. The average Bonchev–Trinajstić information content (AvgIpc) is 2.57. The Morgan fingerprint density at radius 3 is 2.58 bits per heavy atom. The van der Waals surface area contributed by atoms with Gasteiger partial charge in [0.25, 0.3) is 0 Å². The van der Waals surface area contributed by atoms with Crippen molar-refractivity contribution in [1.29, 1.82) is 0 Å². The molecule has 1 saturated carbocycles. The van der Waals surface area contributed by atoms with Crippen LogP contribution in [0.25, 0.3) is 0 Å². The molecule has 19 heavy (non-hydrogen) atoms. The topological polar surface area (TPSA) is 36.4 Å². The summed E-state index contributed by atoms with van der Waals surface area (Å²) < 4.78 is 0. The molecule has 1 aromatic carbocycles. The monoisotopic (exact) mass is 257 g/mol. The predicted molar refractivity (Wildman–Crippen MR) is 82.1 cm³/mol. The van der Waals surface area contributed by atoms with Crippen molar-refractivity contribution < 1.29 is 0 Å². The number of para-hydroxylation sites is 2. The van der Waals surface area contributed by atoms with E-state index >= 15 is 0 Å². The summed E-state index contributed by atoms with van der Waals surface area (Å²) in [5, 5.41) is 7.07. The standard InChI is InChI=1S/C16H23N3/c1-12-11-16(18-13-7-3-2-4-8-13)19-15-10-6-5-9-14(15)17-12/h5-6,9-10,12-13,17H,2-4,7-8,11H2,1H3,(H,18,19)/t12-/m0/s1. The van der Waals surface area contributed by atoms with Crippen molar-refractivity contribution in [3.63, 3.8) is 0 Å². The van der Waals surface area contributed by atoms with Crippen LogP contribution in [0.4, 0.5) is 11.4 Å². The largest absolute Gasteiger partial charge is 0.380 e. The first kappa shape index (κ1) is 12.5. The van der Waals surface area contributed by atoms with Crippen LogP contribution < -0.4 is 10.6 Å². The van der Waals surface area contributed by atoms with Gasteiger partial charge in [-0.3, -0.25) is 4.99 Å². The summed E-state index contributed by atoms with van der Waals surface area (Å²) in [6.45, 7) is 2.22. The summed E-state index contributed by atoms with van der Waals surface area (Å²) in [7, 11) is 0. The van der Waals surface area contributed by atoms with E-state index in [0.29, 0.717) is 12.1 Å². The summed E-state index contributed by atoms with van der Waals surface area (Å²) in [5.41, 5.74) is 2.34. The van der Waals surface area contributed by atoms with Crippen LogP contribution in [0, 0.1) is 0 Å². The predicted octanol–water partition coefficient (Wildman–Crippen LogP) is 4.03. The smallest absolute Gasteiger partial charge is 0.103 e. The zero-order chi connectivity index (χ0) is 13.1. The van der Waals surface area contributed by atoms with Gasteiger partial charge in [-0.25, -0.2) is 0 Å². The van der Waals surface area contributed by atoms with E-state index in [2.05, 4.69) is 41.8 Å². The lowest BCUT2D eigenvalue weighted by Crippen LogP contribution is -2.22. The molecule has 102 valence electrons. The molecule has 0 spiro atoms. The third-order valence-corrected chi connectivity index (χ3v) is 4.02. The Morgan fingerprint density at radius 1 is 1.05 bits per heavy atom. The molecule has 3 heteroatoms. The van der Waals surface area contributed by atoms with E-state index < -0.39 is 0 Å². The van der Waals surface area contributed by atoms with Crippen molar-refractivity contribution in [2.75, 3.05) is 10.6 Å². The average molecular weight is 257 g/mol. The Balaban J connectivity index is 1.80. The number of amidine groups is 1. The number of nitrogens with zero attached hydrogens (tertiary/aromatic N) is 1. The van der Waals surface area contributed by atoms with Crippen molar-refractivity contribution in [2.24, 2.45) is 4.99 Å². The minimum atomic E-state index is 0.429. The second kappa shape index (κ2) is 5.64. The van der Waals surface area contributed by atoms with Gasteiger partial charge in [0.1, 0.15) is 5.84 Å². The molecule has 3 nitrogen and oxygen atoms in total. The number of hydrogen-bond acceptors (Lipinski definition) is 2. The first-order valence-corrected chi connectivity index (χ1v) is 7.50. The summed E-state index contributed by atoms with van der Waals surface area (Å²) in [5.74, 6) is 1.15. The molecule has 1 fully saturated rings. The maximum Gasteiger partial charge on any atom is 0.103 e. The SMILES string of the molecule is C[C@H]1CC(=NC2CCCCC2)Nc2ccccc2N1. The van der Waals surface area contributed by atoms with Gasteiger partial charge in [-0.2, -0.15) is 0 Å². The van der Waals surface area contributed by atoms with Gasteiger partial charge in [-0.1, -0.05) is 31.4 Å². The van der Waals surface area contributed by atoms with E-state index in [-0.39, 0.29) is 0 Å². The third-order valence-electron chi connectivity index (χ3n) is 4.02. The fourth-order valence-electron chi connectivity index (χ4n) is 3.05. The lowest BCUT2D eigenvalue weighted by Gasteiger charge is -2.19. The molecule has 1 aliphatic carbocycles. The van der Waals surface area contributed by atoms with Gasteiger partial charge in [0.15, 0.2) is 0 Å². The van der Waals surface area contributed by atoms with Gasteiger partial charge in [-0.05, 0) is 31.9 Å². The van der Waals surface area contributed by atoms with Gasteiger partial charge in [0.2, 0.25) is 0 Å². The number of rotatable bonds is 1. The Hall–Kier alpha value is -1.51. The normalized spacial score (nSPS) is 26.2. The molecule has 0 radical (unpaired) electrons. The Kier molecular flexibility index (Phi) is 3.72. The van der Waals surface area contributed by atoms with Crippen LogP contribution in [-0.4, -0.2) is 17.9 Å². The molecule has 2 N–H and O–H groups in total. The second-order valence-electron chi connectivity index (χ2n) is 5.79. The minimum absolute atomic E-state index is 0.429. The number of hydrogen-bond donors (Lipinski definition) is 2. The third kappa shape index (κ3) is 3.09. The molecule has 0 bridgehead atoms. The zero-order valence-corrected chi connectivity index (χ0v) is 11.7. The Bertz CT molecular complexity index is 461. The van der Waals surface area contributed by atoms with E-state index in [4.69, 9.17) is 4.99 Å². The van der Waals surface area contributed by atoms with Crippen LogP contribution in [0.1, 0.15) is 45.4 Å². The van der Waals surface area contributed by atoms with E-state index in [1.54, 1.807) is 0 Å². The molecule has 0 saturated heterocycles. The lowest BCUT2D eigenvalue weighted by molar-refractivity contribution is 0.442. The highest BCUT2D eigenvalue weighted by atomic mass is 15.1. The number of benzene rings is 1. The van der Waals surface area contributed by atoms with Crippen LogP contribution in [0.3, 0.4) is 0 Å². The van der Waals surface area contributed by atoms with Gasteiger partial charge >= 0.3 is 0 Å². The summed E-state index contributed by atoms with van der Waals surface area (Å²) in [4.78, 5) is 4.97. The van der Waals surface area contributed by atoms with Crippen molar-refractivity contribution >= 4 is 17.2 Å². The molecule has 3 rings (SSSR count). The van der Waals surface area contributed by atoms with Crippen molar-refractivity contribution in [3.05, 3.63) is 24.3 Å². The Morgan fingerprint density at radius 2 is 1.79 bits per heavy atom. The fraction of sp³-hybridized carbons (Fsp3) is 0.562. The molecule has 1 aliphatic heterocycles. The molecule has 0 unspecified atom stereocenters. The van der Waals surface area contributed by atoms with Crippen molar-refractivity contribution in [1.82, 2.24) is 0 Å². The van der Waals surface area contributed by atoms with Crippen molar-refractivity contribution in [3.8, 4) is 0 Å². The quantitative estimate of drug-likeness (QED) is 0.796. The summed E-state index contributed by atoms with van der Waals surface area (Å²) >= 11 is 0. The molecule has 0 aromatic heterocycles. The molecule has 1 aromatic rings. The van der Waals surface area contributed by atoms with Gasteiger partial charge in [0.05, 0.1) is 17.4 Å². The molecule has 1 atom stereocenters. The molecule has 0 amide bonds. The number of anilines is 2. The maximum absolute atomic E-state index is 4.97. The highest BCUT2D eigenvalue weighted by Crippen LogP contribution is 2.27. The van der Waals surface area contributed by atoms with Crippen LogP contribution in [0.5, 0.6) is 0 Å². The summed E-state index contributed by atoms with van der Waals surface area (Å²) in [6, 6.07) is 9.36. The maximum atomic E-state index is 4.97. The number of aliphatic imine (C=N–C) groups is 1. The number of fused-ring (bicyclic) bond motifs is 1. The molecule has 2 aliphatic rings. The lowest BCUT2D eigenvalue weighted by atomic mass is 9.96. The van der Waals surface area contributed by atoms with E-state index in [1.807, 2.05) is 0 Å². The summed E-state index contributed by atoms with van der Waals surface area (Å²) in [6.07, 6.45) is 7.56.